The minimum Gasteiger partial charge on any atom is -0.726 e. The predicted octanol–water partition coefficient (Wildman–Crippen LogP) is -0.412. The van der Waals surface area contributed by atoms with Gasteiger partial charge in [0.25, 0.3) is 0 Å². The maximum Gasteiger partial charge on any atom is 0.337 e. The fraction of sp³-hybridized carbons (Fsp3) is 0.667. The molecule has 7 nitrogen and oxygen atoms in total. The lowest BCUT2D eigenvalue weighted by Crippen LogP contribution is -2.39. The summed E-state index contributed by atoms with van der Waals surface area (Å²) >= 11 is 0. The smallest absolute Gasteiger partial charge is 0.337 e. The van der Waals surface area contributed by atoms with Gasteiger partial charge in [0.05, 0.1) is 21.1 Å². The molecular formula is C9H22N2O5S. The van der Waals surface area contributed by atoms with Crippen LogP contribution in [0.3, 0.4) is 0 Å². The number of rotatable bonds is 1. The van der Waals surface area contributed by atoms with Gasteiger partial charge >= 0.3 is 5.91 Å². The van der Waals surface area contributed by atoms with E-state index < -0.39 is 10.4 Å². The summed E-state index contributed by atoms with van der Waals surface area (Å²) in [5, 5.41) is 0. The van der Waals surface area contributed by atoms with Gasteiger partial charge in [0.2, 0.25) is 10.4 Å². The van der Waals surface area contributed by atoms with Crippen molar-refractivity contribution in [3.05, 3.63) is 12.7 Å². The van der Waals surface area contributed by atoms with Gasteiger partial charge in [-0.2, -0.15) is 0 Å². The molecule has 0 spiro atoms. The number of carbonyl (C=O) groups excluding carboxylic acids is 1. The highest BCUT2D eigenvalue weighted by molar-refractivity contribution is 7.79. The largest absolute Gasteiger partial charge is 0.726 e. The first-order valence-electron chi connectivity index (χ1n) is 4.49. The van der Waals surface area contributed by atoms with E-state index in [9.17, 15) is 4.79 Å². The third-order valence-corrected chi connectivity index (χ3v) is 0.836. The van der Waals surface area contributed by atoms with Gasteiger partial charge in [0.1, 0.15) is 0 Å². The van der Waals surface area contributed by atoms with E-state index in [4.69, 9.17) is 17.5 Å². The zero-order chi connectivity index (χ0) is 14.9. The lowest BCUT2D eigenvalue weighted by molar-refractivity contribution is -0.789. The van der Waals surface area contributed by atoms with Crippen molar-refractivity contribution >= 4 is 16.3 Å². The highest BCUT2D eigenvalue weighted by Crippen LogP contribution is 1.90. The maximum absolute atomic E-state index is 10.7. The highest BCUT2D eigenvalue weighted by Gasteiger charge is 2.14. The Morgan fingerprint density at radius 1 is 1.29 bits per heavy atom. The number of likely N-dealkylation sites (N-methyl/N-ethyl adjacent to an activating group) is 1. The Bertz CT molecular complexity index is 306. The van der Waals surface area contributed by atoms with Crippen molar-refractivity contribution < 1.29 is 26.8 Å². The summed E-state index contributed by atoms with van der Waals surface area (Å²) in [4.78, 5) is 12.7. The summed E-state index contributed by atoms with van der Waals surface area (Å²) in [5.41, 5.74) is 0. The van der Waals surface area contributed by atoms with E-state index in [1.54, 1.807) is 0 Å². The molecule has 0 unspecified atom stereocenters. The molecule has 8 heteroatoms. The summed E-state index contributed by atoms with van der Waals surface area (Å²) in [6, 6.07) is 0. The zero-order valence-electron chi connectivity index (χ0n) is 11.2. The van der Waals surface area contributed by atoms with Gasteiger partial charge < -0.3 is 9.45 Å². The first-order valence-corrected chi connectivity index (χ1v) is 5.86. The van der Waals surface area contributed by atoms with Gasteiger partial charge in [0, 0.05) is 6.08 Å². The maximum atomic E-state index is 10.7. The molecule has 1 N–H and O–H groups in total. The molecule has 17 heavy (non-hydrogen) atoms. The number of amides is 1. The Morgan fingerprint density at radius 3 is 1.47 bits per heavy atom. The van der Waals surface area contributed by atoms with Crippen LogP contribution in [0.25, 0.3) is 0 Å². The molecular weight excluding hydrogens is 248 g/mol. The number of hydrogen-bond donors (Lipinski definition) is 1. The molecule has 0 fully saturated rings. The SMILES string of the molecule is C=CC(=O)[N+](C)(C)C.CN(C)C.O=S(=O)([O-])O. The lowest BCUT2D eigenvalue weighted by atomic mass is 10.5. The molecule has 0 saturated carbocycles. The van der Waals surface area contributed by atoms with Crippen LogP contribution in [0.5, 0.6) is 0 Å². The van der Waals surface area contributed by atoms with E-state index in [2.05, 4.69) is 6.58 Å². The zero-order valence-corrected chi connectivity index (χ0v) is 12.0. The van der Waals surface area contributed by atoms with E-state index in [1.165, 1.54) is 6.08 Å². The molecule has 0 aliphatic rings. The Kier molecular flexibility index (Phi) is 11.7. The summed E-state index contributed by atoms with van der Waals surface area (Å²) in [7, 11) is 6.51. The fourth-order valence-electron chi connectivity index (χ4n) is 0.274. The molecule has 0 aliphatic heterocycles. The molecule has 0 aromatic heterocycles. The number of hydrogen-bond acceptors (Lipinski definition) is 5. The van der Waals surface area contributed by atoms with Crippen molar-refractivity contribution in [3.63, 3.8) is 0 Å². The summed E-state index contributed by atoms with van der Waals surface area (Å²) in [6.07, 6.45) is 1.33. The molecule has 0 aliphatic carbocycles. The third-order valence-electron chi connectivity index (χ3n) is 0.836. The number of nitrogens with zero attached hydrogens (tertiary/aromatic N) is 2. The lowest BCUT2D eigenvalue weighted by Gasteiger charge is -2.17. The minimum atomic E-state index is -4.92. The Labute approximate surface area is 104 Å². The molecule has 0 aromatic rings. The van der Waals surface area contributed by atoms with Crippen LogP contribution in [-0.4, -0.2) is 75.1 Å². The van der Waals surface area contributed by atoms with Crippen LogP contribution in [0.1, 0.15) is 0 Å². The third kappa shape index (κ3) is 51.1. The average molecular weight is 270 g/mol. The van der Waals surface area contributed by atoms with Crippen LogP contribution in [0, 0.1) is 0 Å². The van der Waals surface area contributed by atoms with Crippen molar-refractivity contribution in [2.24, 2.45) is 0 Å². The molecule has 0 saturated heterocycles. The van der Waals surface area contributed by atoms with E-state index in [0.29, 0.717) is 4.48 Å². The molecule has 0 rings (SSSR count). The van der Waals surface area contributed by atoms with Crippen LogP contribution >= 0.6 is 0 Å². The van der Waals surface area contributed by atoms with Crippen molar-refractivity contribution in [1.82, 2.24) is 4.90 Å². The van der Waals surface area contributed by atoms with Crippen molar-refractivity contribution in [1.29, 1.82) is 0 Å². The molecule has 0 aromatic carbocycles. The van der Waals surface area contributed by atoms with Crippen LogP contribution in [-0.2, 0) is 15.2 Å². The summed E-state index contributed by atoms with van der Waals surface area (Å²) in [5.74, 6) is 0.0324. The van der Waals surface area contributed by atoms with Gasteiger partial charge in [-0.25, -0.2) is 13.2 Å². The second-order valence-corrected chi connectivity index (χ2v) is 5.18. The Morgan fingerprint density at radius 2 is 1.47 bits per heavy atom. The predicted molar refractivity (Wildman–Crippen MR) is 65.2 cm³/mol. The van der Waals surface area contributed by atoms with E-state index >= 15 is 0 Å². The molecule has 0 radical (unpaired) electrons. The first kappa shape index (κ1) is 21.5. The highest BCUT2D eigenvalue weighted by atomic mass is 32.3. The molecule has 0 atom stereocenters. The molecule has 104 valence electrons. The standard InChI is InChI=1S/C6H12NO.C3H9N.H2O4S/c1-5-6(8)7(2,3)4;1-4(2)3;1-5(2,3)4/h5H,1H2,2-4H3;1-3H3;(H2,1,2,3,4)/q+1;;/p-1. The summed E-state index contributed by atoms with van der Waals surface area (Å²) < 4.78 is 33.2. The average Bonchev–Trinajstić information content (AvgIpc) is 1.96. The fourth-order valence-corrected chi connectivity index (χ4v) is 0.274. The van der Waals surface area contributed by atoms with E-state index in [-0.39, 0.29) is 5.91 Å². The van der Waals surface area contributed by atoms with E-state index in [1.807, 2.05) is 47.2 Å². The van der Waals surface area contributed by atoms with Crippen LogP contribution < -0.4 is 0 Å². The Hall–Kier alpha value is -0.800. The number of quaternary nitrogens is 1. The van der Waals surface area contributed by atoms with Crippen LogP contribution in [0.2, 0.25) is 0 Å². The van der Waals surface area contributed by atoms with Crippen molar-refractivity contribution in [2.75, 3.05) is 42.3 Å². The van der Waals surface area contributed by atoms with Crippen molar-refractivity contribution in [2.45, 2.75) is 0 Å². The van der Waals surface area contributed by atoms with Crippen LogP contribution in [0.4, 0.5) is 0 Å². The Balaban J connectivity index is -0.000000188. The van der Waals surface area contributed by atoms with Crippen molar-refractivity contribution in [3.8, 4) is 0 Å². The second-order valence-electron chi connectivity index (χ2n) is 4.32. The van der Waals surface area contributed by atoms with Crippen LogP contribution in [0.15, 0.2) is 12.7 Å². The molecule has 0 bridgehead atoms. The van der Waals surface area contributed by atoms with Gasteiger partial charge in [-0.1, -0.05) is 6.58 Å². The van der Waals surface area contributed by atoms with Gasteiger partial charge in [-0.3, -0.25) is 9.04 Å². The minimum absolute atomic E-state index is 0.0324. The first-order chi connectivity index (χ1) is 7.21. The van der Waals surface area contributed by atoms with Gasteiger partial charge in [-0.05, 0) is 21.1 Å². The van der Waals surface area contributed by atoms with Gasteiger partial charge in [-0.15, -0.1) is 0 Å². The van der Waals surface area contributed by atoms with E-state index in [0.717, 1.165) is 0 Å². The molecule has 1 amide bonds. The quantitative estimate of drug-likeness (QED) is 0.301. The number of carbonyl (C=O) groups is 1. The summed E-state index contributed by atoms with van der Waals surface area (Å²) in [6.45, 7) is 3.36. The monoisotopic (exact) mass is 270 g/mol. The molecule has 0 heterocycles. The normalized spacial score (nSPS) is 10.6. The second kappa shape index (κ2) is 9.25. The topological polar surface area (TPSA) is 97.7 Å². The van der Waals surface area contributed by atoms with Gasteiger partial charge in [0.15, 0.2) is 0 Å².